The molecule has 332 valence electrons. The highest BCUT2D eigenvalue weighted by atomic mass is 16.6. The van der Waals surface area contributed by atoms with E-state index in [1.54, 1.807) is 0 Å². The van der Waals surface area contributed by atoms with Crippen LogP contribution in [-0.4, -0.2) is 98.1 Å². The number of amidine groups is 1. The van der Waals surface area contributed by atoms with E-state index in [4.69, 9.17) is 14.2 Å². The van der Waals surface area contributed by atoms with Gasteiger partial charge in [-0.1, -0.05) is 20.8 Å². The first-order valence-corrected chi connectivity index (χ1v) is 19.5. The first-order valence-electron chi connectivity index (χ1n) is 19.5. The summed E-state index contributed by atoms with van der Waals surface area (Å²) in [5.74, 6) is -6.56. The van der Waals surface area contributed by atoms with E-state index in [1.165, 1.54) is 4.90 Å². The van der Waals surface area contributed by atoms with Gasteiger partial charge >= 0.3 is 36.1 Å². The molecule has 0 aliphatic carbocycles. The third kappa shape index (κ3) is 9.99. The Hall–Kier alpha value is -8.08. The maximum atomic E-state index is 13.7. The lowest BCUT2D eigenvalue weighted by molar-refractivity contribution is -0.385. The fourth-order valence-corrected chi connectivity index (χ4v) is 7.80. The lowest BCUT2D eigenvalue weighted by Crippen LogP contribution is -2.62. The number of non-ortho nitro benzene ring substituents is 3. The number of amides is 3. The first-order chi connectivity index (χ1) is 30.3. The van der Waals surface area contributed by atoms with Crippen molar-refractivity contribution in [2.24, 2.45) is 28.7 Å². The van der Waals surface area contributed by atoms with E-state index in [0.29, 0.717) is 18.5 Å². The molecule has 2 fully saturated rings. The highest BCUT2D eigenvalue weighted by molar-refractivity contribution is 6.07. The van der Waals surface area contributed by atoms with Crippen LogP contribution in [0.2, 0.25) is 0 Å². The quantitative estimate of drug-likeness (QED) is 0.0360. The van der Waals surface area contributed by atoms with E-state index >= 15 is 0 Å². The Bertz CT molecular complexity index is 2520. The van der Waals surface area contributed by atoms with Crippen LogP contribution >= 0.6 is 0 Å². The summed E-state index contributed by atoms with van der Waals surface area (Å²) in [5, 5.41) is 35.3. The highest BCUT2D eigenvalue weighted by Crippen LogP contribution is 2.49. The van der Waals surface area contributed by atoms with Crippen molar-refractivity contribution < 1.29 is 62.5 Å². The monoisotopic (exact) mass is 883 g/mol. The number of nitro benzene ring substituents is 3. The Labute approximate surface area is 361 Å². The molecule has 4 atom stereocenters. The van der Waals surface area contributed by atoms with Crippen molar-refractivity contribution in [3.8, 4) is 0 Å². The zero-order valence-corrected chi connectivity index (χ0v) is 34.1. The van der Waals surface area contributed by atoms with Crippen molar-refractivity contribution in [1.29, 1.82) is 0 Å². The van der Waals surface area contributed by atoms with Gasteiger partial charge in [0.25, 0.3) is 17.1 Å². The van der Waals surface area contributed by atoms with Gasteiger partial charge in [0.1, 0.15) is 11.5 Å². The van der Waals surface area contributed by atoms with E-state index in [1.807, 2.05) is 25.7 Å². The number of aliphatic imine (C=N–C) groups is 1. The molecule has 0 radical (unpaired) electrons. The Morgan fingerprint density at radius 1 is 0.734 bits per heavy atom. The number of hydrogen-bond donors (Lipinski definition) is 1. The van der Waals surface area contributed by atoms with Crippen LogP contribution in [0.25, 0.3) is 0 Å². The molecule has 3 aromatic rings. The molecule has 3 aliphatic heterocycles. The molecule has 3 heterocycles. The molecular formula is C41H37N7O16. The summed E-state index contributed by atoms with van der Waals surface area (Å²) in [6.07, 6.45) is -2.67. The number of nitrogens with zero attached hydrogens (tertiary/aromatic N) is 6. The number of alkyl carbamates (subject to hydrolysis) is 1. The SMILES string of the molecule is CC(C)[C@H]1C(=O)N2C(C(=O)OC(=O)c3ccc([N+](=O)[O-])cc3)=C(CN3CC[C@H](CC(=NC(=O)OC(=O)c4ccc([N+](=O)[O-])cc4)NC(=O)OC(=O)c4ccc([N+](=O)[O-])cc4)C3)[C@H](C)[C@H]12. The van der Waals surface area contributed by atoms with Gasteiger partial charge in [0.05, 0.1) is 43.4 Å². The Balaban J connectivity index is 1.18. The molecule has 6 rings (SSSR count). The molecule has 23 heteroatoms. The molecular weight excluding hydrogens is 846 g/mol. The van der Waals surface area contributed by atoms with Crippen molar-refractivity contribution in [2.45, 2.75) is 39.7 Å². The number of β-lactam (4-membered cyclic amide) rings is 1. The van der Waals surface area contributed by atoms with Crippen LogP contribution in [0.4, 0.5) is 26.7 Å². The summed E-state index contributed by atoms with van der Waals surface area (Å²) in [6.45, 7) is 6.36. The number of carbonyl (C=O) groups excluding carboxylic acids is 7. The summed E-state index contributed by atoms with van der Waals surface area (Å²) >= 11 is 0. The number of benzene rings is 3. The van der Waals surface area contributed by atoms with Crippen LogP contribution in [0.1, 0.15) is 64.7 Å². The van der Waals surface area contributed by atoms with Gasteiger partial charge in [0.2, 0.25) is 5.91 Å². The van der Waals surface area contributed by atoms with Crippen LogP contribution < -0.4 is 5.32 Å². The minimum absolute atomic E-state index is 0.0804. The summed E-state index contributed by atoms with van der Waals surface area (Å²) in [7, 11) is 0. The topological polar surface area (TPSA) is 307 Å². The summed E-state index contributed by atoms with van der Waals surface area (Å²) < 4.78 is 14.8. The Kier molecular flexibility index (Phi) is 13.4. The number of likely N-dealkylation sites (tertiary alicyclic amines) is 1. The molecule has 0 aromatic heterocycles. The van der Waals surface area contributed by atoms with Crippen LogP contribution in [0.15, 0.2) is 89.1 Å². The number of nitro groups is 3. The number of carbonyl (C=O) groups is 7. The zero-order valence-electron chi connectivity index (χ0n) is 34.1. The van der Waals surface area contributed by atoms with Gasteiger partial charge in [-0.2, -0.15) is 4.99 Å². The van der Waals surface area contributed by atoms with E-state index < -0.39 is 68.6 Å². The van der Waals surface area contributed by atoms with Crippen molar-refractivity contribution in [3.05, 3.63) is 131 Å². The Morgan fingerprint density at radius 2 is 1.20 bits per heavy atom. The number of esters is 4. The molecule has 0 saturated carbocycles. The molecule has 0 unspecified atom stereocenters. The van der Waals surface area contributed by atoms with E-state index in [0.717, 1.165) is 72.8 Å². The first kappa shape index (κ1) is 45.4. The maximum Gasteiger partial charge on any atom is 0.443 e. The van der Waals surface area contributed by atoms with Gasteiger partial charge in [-0.25, -0.2) is 28.8 Å². The van der Waals surface area contributed by atoms with E-state index in [9.17, 15) is 63.9 Å². The van der Waals surface area contributed by atoms with Gasteiger partial charge in [-0.15, -0.1) is 0 Å². The Morgan fingerprint density at radius 3 is 1.67 bits per heavy atom. The summed E-state index contributed by atoms with van der Waals surface area (Å²) in [5.41, 5.74) is -1.11. The minimum Gasteiger partial charge on any atom is -0.385 e. The molecule has 0 bridgehead atoms. The van der Waals surface area contributed by atoms with Crippen molar-refractivity contribution in [3.63, 3.8) is 0 Å². The normalized spacial score (nSPS) is 19.3. The standard InChI is InChI=1S/C41H37N7O16/c1-21(2)32-33-22(3)30(34(45(33)35(32)49)39(53)62-36(50)24-4-10-27(11-5-24)46(56)57)20-44-17-16-23(19-44)18-31(42-40(54)63-37(51)25-6-12-28(13-7-25)47(58)59)43-41(55)64-38(52)26-8-14-29(15-9-26)48(60)61/h4-15,21-23,32-33H,16-20H2,1-3H3,(H,42,43,54,55)/t22-,23+,32+,33+/m0/s1. The summed E-state index contributed by atoms with van der Waals surface area (Å²) in [6, 6.07) is 12.3. The average Bonchev–Trinajstić information content (AvgIpc) is 3.79. The van der Waals surface area contributed by atoms with Gasteiger partial charge in [0, 0.05) is 61.8 Å². The minimum atomic E-state index is -1.50. The molecule has 3 amide bonds. The maximum absolute atomic E-state index is 13.7. The molecule has 2 saturated heterocycles. The number of nitrogens with one attached hydrogen (secondary N) is 1. The number of ether oxygens (including phenoxy) is 3. The fraction of sp³-hybridized carbons (Fsp3) is 0.317. The molecule has 23 nitrogen and oxygen atoms in total. The van der Waals surface area contributed by atoms with Crippen LogP contribution in [0, 0.1) is 54.0 Å². The second-order valence-electron chi connectivity index (χ2n) is 15.3. The number of rotatable bonds is 12. The second-order valence-corrected chi connectivity index (χ2v) is 15.3. The zero-order chi connectivity index (χ0) is 46.6. The van der Waals surface area contributed by atoms with Gasteiger partial charge < -0.3 is 19.1 Å². The van der Waals surface area contributed by atoms with Crippen LogP contribution in [0.3, 0.4) is 0 Å². The van der Waals surface area contributed by atoms with Gasteiger partial charge in [-0.05, 0) is 66.8 Å². The molecule has 0 spiro atoms. The molecule has 1 N–H and O–H groups in total. The molecule has 64 heavy (non-hydrogen) atoms. The van der Waals surface area contributed by atoms with Gasteiger partial charge in [0.15, 0.2) is 0 Å². The highest BCUT2D eigenvalue weighted by Gasteiger charge is 2.59. The predicted molar refractivity (Wildman–Crippen MR) is 216 cm³/mol. The summed E-state index contributed by atoms with van der Waals surface area (Å²) in [4.78, 5) is 129. The van der Waals surface area contributed by atoms with Gasteiger partial charge in [-0.3, -0.25) is 45.4 Å². The third-order valence-corrected chi connectivity index (χ3v) is 10.9. The lowest BCUT2D eigenvalue weighted by Gasteiger charge is -2.47. The van der Waals surface area contributed by atoms with Crippen molar-refractivity contribution in [2.75, 3.05) is 19.6 Å². The second kappa shape index (κ2) is 18.9. The molecule has 3 aromatic carbocycles. The van der Waals surface area contributed by atoms with Crippen molar-refractivity contribution in [1.82, 2.24) is 15.1 Å². The van der Waals surface area contributed by atoms with Crippen LogP contribution in [0.5, 0.6) is 0 Å². The third-order valence-electron chi connectivity index (χ3n) is 10.9. The van der Waals surface area contributed by atoms with Crippen LogP contribution in [-0.2, 0) is 23.8 Å². The lowest BCUT2D eigenvalue weighted by atomic mass is 9.74. The smallest absolute Gasteiger partial charge is 0.385 e. The van der Waals surface area contributed by atoms with Crippen molar-refractivity contribution >= 4 is 64.9 Å². The fourth-order valence-electron chi connectivity index (χ4n) is 7.80. The number of fused-ring (bicyclic) bond motifs is 1. The predicted octanol–water partition coefficient (Wildman–Crippen LogP) is 5.14. The number of hydrogen-bond acceptors (Lipinski definition) is 17. The largest absolute Gasteiger partial charge is 0.443 e. The van der Waals surface area contributed by atoms with E-state index in [-0.39, 0.29) is 82.6 Å². The molecule has 3 aliphatic rings. The average molecular weight is 884 g/mol. The van der Waals surface area contributed by atoms with E-state index in [2.05, 4.69) is 10.3 Å².